The minimum absolute atomic E-state index is 0.269. The van der Waals surface area contributed by atoms with Gasteiger partial charge in [0, 0.05) is 36.9 Å². The minimum atomic E-state index is -0.269. The summed E-state index contributed by atoms with van der Waals surface area (Å²) in [4.78, 5) is 2.34. The number of anilines is 1. The number of ether oxygens (including phenoxy) is 1. The number of rotatable bonds is 6. The minimum Gasteiger partial charge on any atom is -0.491 e. The van der Waals surface area contributed by atoms with Crippen LogP contribution < -0.4 is 15.0 Å². The number of hydrogen-bond acceptors (Lipinski definition) is 3. The van der Waals surface area contributed by atoms with E-state index in [4.69, 9.17) is 4.74 Å². The van der Waals surface area contributed by atoms with Gasteiger partial charge < -0.3 is 15.0 Å². The van der Waals surface area contributed by atoms with Gasteiger partial charge in [0.25, 0.3) is 0 Å². The summed E-state index contributed by atoms with van der Waals surface area (Å²) in [6.45, 7) is 8.65. The van der Waals surface area contributed by atoms with Gasteiger partial charge in [0.2, 0.25) is 0 Å². The van der Waals surface area contributed by atoms with Gasteiger partial charge in [0.1, 0.15) is 0 Å². The standard InChI is InChI=1S/C17H27FN2O/c1-4-7-13-12-20(14(5-2)11-19-13)15-8-9-17(21-6-3)16(18)10-15/h8-10,13-14,19H,4-7,11-12H2,1-3H3. The molecule has 0 aliphatic carbocycles. The van der Waals surface area contributed by atoms with Crippen LogP contribution in [0.1, 0.15) is 40.0 Å². The topological polar surface area (TPSA) is 24.5 Å². The van der Waals surface area contributed by atoms with Crippen molar-refractivity contribution in [3.63, 3.8) is 0 Å². The average molecular weight is 294 g/mol. The van der Waals surface area contributed by atoms with E-state index in [0.717, 1.165) is 31.6 Å². The van der Waals surface area contributed by atoms with Crippen LogP contribution in [-0.4, -0.2) is 31.8 Å². The highest BCUT2D eigenvalue weighted by molar-refractivity contribution is 5.51. The third-order valence-electron chi connectivity index (χ3n) is 4.16. The molecule has 0 radical (unpaired) electrons. The molecule has 2 rings (SSSR count). The van der Waals surface area contributed by atoms with E-state index in [0.29, 0.717) is 24.4 Å². The molecule has 1 aliphatic rings. The summed E-state index contributed by atoms with van der Waals surface area (Å²) in [5.41, 5.74) is 0.963. The van der Waals surface area contributed by atoms with Crippen molar-refractivity contribution in [3.05, 3.63) is 24.0 Å². The average Bonchev–Trinajstić information content (AvgIpc) is 2.50. The van der Waals surface area contributed by atoms with Crippen LogP contribution in [0.3, 0.4) is 0 Å². The van der Waals surface area contributed by atoms with Crippen molar-refractivity contribution in [1.29, 1.82) is 0 Å². The lowest BCUT2D eigenvalue weighted by Gasteiger charge is -2.42. The Kier molecular flexibility index (Phi) is 5.85. The van der Waals surface area contributed by atoms with E-state index in [1.807, 2.05) is 13.0 Å². The molecule has 1 heterocycles. The van der Waals surface area contributed by atoms with Gasteiger partial charge in [-0.25, -0.2) is 4.39 Å². The first-order valence-electron chi connectivity index (χ1n) is 8.11. The lowest BCUT2D eigenvalue weighted by molar-refractivity contribution is 0.321. The van der Waals surface area contributed by atoms with Gasteiger partial charge in [-0.2, -0.15) is 0 Å². The molecule has 1 N–H and O–H groups in total. The molecule has 1 aromatic carbocycles. The molecule has 2 unspecified atom stereocenters. The highest BCUT2D eigenvalue weighted by Crippen LogP contribution is 2.27. The monoisotopic (exact) mass is 294 g/mol. The number of benzene rings is 1. The molecular formula is C17H27FN2O. The summed E-state index contributed by atoms with van der Waals surface area (Å²) in [6, 6.07) is 6.26. The third-order valence-corrected chi connectivity index (χ3v) is 4.16. The highest BCUT2D eigenvalue weighted by atomic mass is 19.1. The first kappa shape index (κ1) is 16.1. The number of nitrogens with zero attached hydrogens (tertiary/aromatic N) is 1. The number of nitrogens with one attached hydrogen (secondary N) is 1. The highest BCUT2D eigenvalue weighted by Gasteiger charge is 2.26. The largest absolute Gasteiger partial charge is 0.491 e. The van der Waals surface area contributed by atoms with Crippen molar-refractivity contribution in [1.82, 2.24) is 5.32 Å². The molecular weight excluding hydrogens is 267 g/mol. The molecule has 0 amide bonds. The normalized spacial score (nSPS) is 22.4. The lowest BCUT2D eigenvalue weighted by atomic mass is 10.0. The van der Waals surface area contributed by atoms with Crippen LogP contribution in [0.25, 0.3) is 0 Å². The molecule has 1 aliphatic heterocycles. The fourth-order valence-electron chi connectivity index (χ4n) is 3.03. The molecule has 21 heavy (non-hydrogen) atoms. The predicted molar refractivity (Wildman–Crippen MR) is 85.7 cm³/mol. The maximum Gasteiger partial charge on any atom is 0.167 e. The Morgan fingerprint density at radius 2 is 2.14 bits per heavy atom. The van der Waals surface area contributed by atoms with E-state index in [1.165, 1.54) is 6.42 Å². The van der Waals surface area contributed by atoms with E-state index in [9.17, 15) is 4.39 Å². The van der Waals surface area contributed by atoms with Gasteiger partial charge in [-0.1, -0.05) is 20.3 Å². The Labute approximate surface area is 127 Å². The van der Waals surface area contributed by atoms with Crippen molar-refractivity contribution in [2.45, 2.75) is 52.1 Å². The predicted octanol–water partition coefficient (Wildman–Crippen LogP) is 3.58. The molecule has 2 atom stereocenters. The van der Waals surface area contributed by atoms with E-state index in [-0.39, 0.29) is 5.82 Å². The van der Waals surface area contributed by atoms with Crippen LogP contribution in [0, 0.1) is 5.82 Å². The Morgan fingerprint density at radius 3 is 2.76 bits per heavy atom. The van der Waals surface area contributed by atoms with E-state index in [1.54, 1.807) is 12.1 Å². The SMILES string of the molecule is CCCC1CN(c2ccc(OCC)c(F)c2)C(CC)CN1. The van der Waals surface area contributed by atoms with Crippen LogP contribution >= 0.6 is 0 Å². The second-order valence-corrected chi connectivity index (χ2v) is 5.66. The Hall–Kier alpha value is -1.29. The molecule has 4 heteroatoms. The van der Waals surface area contributed by atoms with E-state index in [2.05, 4.69) is 24.1 Å². The number of piperazine rings is 1. The zero-order valence-electron chi connectivity index (χ0n) is 13.4. The fourth-order valence-corrected chi connectivity index (χ4v) is 3.03. The second-order valence-electron chi connectivity index (χ2n) is 5.66. The maximum atomic E-state index is 14.1. The summed E-state index contributed by atoms with van der Waals surface area (Å²) in [7, 11) is 0. The fraction of sp³-hybridized carbons (Fsp3) is 0.647. The zero-order chi connectivity index (χ0) is 15.2. The third kappa shape index (κ3) is 3.88. The zero-order valence-corrected chi connectivity index (χ0v) is 13.4. The maximum absolute atomic E-state index is 14.1. The van der Waals surface area contributed by atoms with Gasteiger partial charge in [0.05, 0.1) is 6.61 Å². The Bertz CT molecular complexity index is 452. The quantitative estimate of drug-likeness (QED) is 0.868. The van der Waals surface area contributed by atoms with Gasteiger partial charge in [0.15, 0.2) is 11.6 Å². The molecule has 1 fully saturated rings. The second kappa shape index (κ2) is 7.64. The summed E-state index contributed by atoms with van der Waals surface area (Å²) < 4.78 is 19.4. The lowest BCUT2D eigenvalue weighted by Crippen LogP contribution is -2.56. The van der Waals surface area contributed by atoms with Crippen LogP contribution in [0.2, 0.25) is 0 Å². The smallest absolute Gasteiger partial charge is 0.167 e. The molecule has 1 aromatic rings. The van der Waals surface area contributed by atoms with Crippen molar-refractivity contribution < 1.29 is 9.13 Å². The Morgan fingerprint density at radius 1 is 1.33 bits per heavy atom. The van der Waals surface area contributed by atoms with Gasteiger partial charge in [-0.3, -0.25) is 0 Å². The van der Waals surface area contributed by atoms with Crippen LogP contribution in [-0.2, 0) is 0 Å². The van der Waals surface area contributed by atoms with Crippen molar-refractivity contribution in [2.75, 3.05) is 24.6 Å². The summed E-state index contributed by atoms with van der Waals surface area (Å²) >= 11 is 0. The first-order chi connectivity index (χ1) is 10.2. The first-order valence-corrected chi connectivity index (χ1v) is 8.11. The molecule has 0 saturated carbocycles. The van der Waals surface area contributed by atoms with Crippen molar-refractivity contribution in [2.24, 2.45) is 0 Å². The molecule has 1 saturated heterocycles. The van der Waals surface area contributed by atoms with E-state index >= 15 is 0 Å². The molecule has 118 valence electrons. The van der Waals surface area contributed by atoms with Crippen LogP contribution in [0.4, 0.5) is 10.1 Å². The van der Waals surface area contributed by atoms with Crippen LogP contribution in [0.15, 0.2) is 18.2 Å². The summed E-state index contributed by atoms with van der Waals surface area (Å²) in [5, 5.41) is 3.61. The van der Waals surface area contributed by atoms with Crippen molar-refractivity contribution in [3.8, 4) is 5.75 Å². The van der Waals surface area contributed by atoms with Gasteiger partial charge in [-0.05, 0) is 31.9 Å². The number of hydrogen-bond donors (Lipinski definition) is 1. The summed E-state index contributed by atoms with van der Waals surface area (Å²) in [6.07, 6.45) is 3.38. The molecule has 0 bridgehead atoms. The molecule has 0 spiro atoms. The van der Waals surface area contributed by atoms with Crippen LogP contribution in [0.5, 0.6) is 5.75 Å². The van der Waals surface area contributed by atoms with Gasteiger partial charge >= 0.3 is 0 Å². The van der Waals surface area contributed by atoms with E-state index < -0.39 is 0 Å². The Balaban J connectivity index is 2.17. The molecule has 3 nitrogen and oxygen atoms in total. The number of halogens is 1. The summed E-state index contributed by atoms with van der Waals surface area (Å²) in [5.74, 6) is 0.0734. The van der Waals surface area contributed by atoms with Gasteiger partial charge in [-0.15, -0.1) is 0 Å². The van der Waals surface area contributed by atoms with Crippen molar-refractivity contribution >= 4 is 5.69 Å². The molecule has 0 aromatic heterocycles.